The van der Waals surface area contributed by atoms with Gasteiger partial charge in [-0.1, -0.05) is 29.8 Å². The first-order valence-electron chi connectivity index (χ1n) is 9.30. The summed E-state index contributed by atoms with van der Waals surface area (Å²) < 4.78 is 69.1. The molecule has 0 atom stereocenters. The molecule has 164 valence electrons. The van der Waals surface area contributed by atoms with Crippen molar-refractivity contribution in [3.05, 3.63) is 89.4 Å². The molecule has 2 aromatic carbocycles. The Hall–Kier alpha value is -3.07. The second kappa shape index (κ2) is 8.97. The number of hydrogen-bond donors (Lipinski definition) is 0. The van der Waals surface area contributed by atoms with E-state index in [1.54, 1.807) is 12.1 Å². The van der Waals surface area contributed by atoms with Crippen LogP contribution in [-0.4, -0.2) is 31.9 Å². The van der Waals surface area contributed by atoms with Gasteiger partial charge in [0.15, 0.2) is 9.84 Å². The smallest absolute Gasteiger partial charge is 0.406 e. The van der Waals surface area contributed by atoms with Crippen LogP contribution in [0.5, 0.6) is 0 Å². The van der Waals surface area contributed by atoms with E-state index in [1.165, 1.54) is 54.8 Å². The zero-order valence-corrected chi connectivity index (χ0v) is 17.4. The predicted molar refractivity (Wildman–Crippen MR) is 108 cm³/mol. The minimum absolute atomic E-state index is 0.0206. The van der Waals surface area contributed by atoms with Gasteiger partial charge in [-0.25, -0.2) is 8.42 Å². The minimum atomic E-state index is -4.58. The number of benzene rings is 2. The Balaban J connectivity index is 1.76. The summed E-state index contributed by atoms with van der Waals surface area (Å²) in [6.07, 6.45) is -3.26. The number of sulfone groups is 1. The second-order valence-corrected chi connectivity index (χ2v) is 9.11. The molecule has 31 heavy (non-hydrogen) atoms. The molecule has 0 aliphatic heterocycles. The van der Waals surface area contributed by atoms with E-state index in [4.69, 9.17) is 4.42 Å². The summed E-state index contributed by atoms with van der Waals surface area (Å²) in [5.74, 6) is -0.900. The van der Waals surface area contributed by atoms with Gasteiger partial charge in [0.2, 0.25) is 0 Å². The number of aryl methyl sites for hydroxylation is 1. The minimum Gasteiger partial charge on any atom is -0.467 e. The summed E-state index contributed by atoms with van der Waals surface area (Å²) in [7, 11) is -3.59. The number of amides is 1. The molecular weight excluding hydrogens is 431 g/mol. The lowest BCUT2D eigenvalue weighted by atomic mass is 10.1. The maximum atomic E-state index is 13.0. The summed E-state index contributed by atoms with van der Waals surface area (Å²) in [6.45, 7) is 0.0745. The van der Waals surface area contributed by atoms with E-state index < -0.39 is 28.5 Å². The van der Waals surface area contributed by atoms with Gasteiger partial charge in [-0.3, -0.25) is 4.79 Å². The number of nitrogens with zero attached hydrogens (tertiary/aromatic N) is 1. The molecule has 0 aliphatic carbocycles. The molecule has 0 fully saturated rings. The fraction of sp³-hybridized carbons (Fsp3) is 0.227. The quantitative estimate of drug-likeness (QED) is 0.519. The van der Waals surface area contributed by atoms with Crippen molar-refractivity contribution in [3.8, 4) is 0 Å². The highest BCUT2D eigenvalue weighted by atomic mass is 32.2. The highest BCUT2D eigenvalue weighted by Crippen LogP contribution is 2.22. The molecule has 0 saturated heterocycles. The first-order valence-corrected chi connectivity index (χ1v) is 11.0. The van der Waals surface area contributed by atoms with E-state index in [0.717, 1.165) is 5.56 Å². The highest BCUT2D eigenvalue weighted by molar-refractivity contribution is 7.90. The van der Waals surface area contributed by atoms with E-state index in [2.05, 4.69) is 0 Å². The van der Waals surface area contributed by atoms with Crippen LogP contribution in [0.2, 0.25) is 0 Å². The largest absolute Gasteiger partial charge is 0.467 e. The Bertz CT molecular complexity index is 1120. The van der Waals surface area contributed by atoms with Gasteiger partial charge >= 0.3 is 6.18 Å². The molecule has 9 heteroatoms. The van der Waals surface area contributed by atoms with Crippen molar-refractivity contribution in [3.63, 3.8) is 0 Å². The van der Waals surface area contributed by atoms with Gasteiger partial charge in [0.1, 0.15) is 12.3 Å². The average molecular weight is 451 g/mol. The molecule has 3 aromatic rings. The average Bonchev–Trinajstić information content (AvgIpc) is 3.20. The first-order chi connectivity index (χ1) is 14.5. The van der Waals surface area contributed by atoms with Crippen molar-refractivity contribution in [2.24, 2.45) is 0 Å². The molecule has 3 rings (SSSR count). The van der Waals surface area contributed by atoms with Crippen molar-refractivity contribution in [2.45, 2.75) is 30.3 Å². The summed E-state index contributed by atoms with van der Waals surface area (Å²) >= 11 is 0. The highest BCUT2D eigenvalue weighted by Gasteiger charge is 2.33. The fourth-order valence-electron chi connectivity index (χ4n) is 2.98. The van der Waals surface area contributed by atoms with Crippen LogP contribution in [0.3, 0.4) is 0 Å². The molecule has 0 bridgehead atoms. The molecule has 0 saturated carbocycles. The fourth-order valence-corrected chi connectivity index (χ4v) is 4.33. The first kappa shape index (κ1) is 22.6. The lowest BCUT2D eigenvalue weighted by Gasteiger charge is -2.23. The van der Waals surface area contributed by atoms with Gasteiger partial charge in [0.25, 0.3) is 5.91 Å². The number of carbonyl (C=O) groups excluding carboxylic acids is 1. The topological polar surface area (TPSA) is 67.6 Å². The molecule has 0 unspecified atom stereocenters. The Morgan fingerprint density at radius 2 is 1.65 bits per heavy atom. The summed E-state index contributed by atoms with van der Waals surface area (Å²) in [4.78, 5) is 13.5. The normalized spacial score (nSPS) is 12.0. The third kappa shape index (κ3) is 6.21. The van der Waals surface area contributed by atoms with Crippen molar-refractivity contribution in [2.75, 3.05) is 6.54 Å². The van der Waals surface area contributed by atoms with Crippen LogP contribution in [-0.2, 0) is 22.1 Å². The van der Waals surface area contributed by atoms with Crippen LogP contribution in [0, 0.1) is 6.92 Å². The number of halogens is 3. The lowest BCUT2D eigenvalue weighted by molar-refractivity contribution is -0.142. The maximum Gasteiger partial charge on any atom is 0.406 e. The standard InChI is InChI=1S/C22H20F3NO4S/c1-16-4-10-20(11-5-16)31(28,29)14-17-6-8-18(9-7-17)21(27)26(15-22(23,24)25)13-19-3-2-12-30-19/h2-12H,13-15H2,1H3. The van der Waals surface area contributed by atoms with Crippen molar-refractivity contribution in [1.82, 2.24) is 4.90 Å². The van der Waals surface area contributed by atoms with Crippen LogP contribution >= 0.6 is 0 Å². The molecule has 1 aromatic heterocycles. The van der Waals surface area contributed by atoms with Crippen LogP contribution < -0.4 is 0 Å². The summed E-state index contributed by atoms with van der Waals surface area (Å²) in [5.41, 5.74) is 1.37. The van der Waals surface area contributed by atoms with Crippen molar-refractivity contribution < 1.29 is 30.8 Å². The number of furan rings is 1. The Morgan fingerprint density at radius 3 is 2.19 bits per heavy atom. The molecule has 0 N–H and O–H groups in total. The monoisotopic (exact) mass is 451 g/mol. The van der Waals surface area contributed by atoms with Crippen molar-refractivity contribution in [1.29, 1.82) is 0 Å². The second-order valence-electron chi connectivity index (χ2n) is 7.12. The third-order valence-corrected chi connectivity index (χ3v) is 6.23. The van der Waals surface area contributed by atoms with Crippen LogP contribution in [0.4, 0.5) is 13.2 Å². The number of hydrogen-bond acceptors (Lipinski definition) is 4. The predicted octanol–water partition coefficient (Wildman–Crippen LogP) is 4.77. The Labute approximate surface area is 178 Å². The number of carbonyl (C=O) groups is 1. The van der Waals surface area contributed by atoms with Gasteiger partial charge in [0.05, 0.1) is 23.5 Å². The Kier molecular flexibility index (Phi) is 6.54. The van der Waals surface area contributed by atoms with Crippen LogP contribution in [0.25, 0.3) is 0 Å². The SMILES string of the molecule is Cc1ccc(S(=O)(=O)Cc2ccc(C(=O)N(Cc3ccco3)CC(F)(F)F)cc2)cc1. The molecule has 5 nitrogen and oxygen atoms in total. The number of alkyl halides is 3. The molecular formula is C22H20F3NO4S. The van der Waals surface area contributed by atoms with Gasteiger partial charge in [-0.2, -0.15) is 13.2 Å². The maximum absolute atomic E-state index is 13.0. The third-order valence-electron chi connectivity index (χ3n) is 4.52. The van der Waals surface area contributed by atoms with E-state index in [1.807, 2.05) is 6.92 Å². The molecule has 0 spiro atoms. The summed E-state index contributed by atoms with van der Waals surface area (Å²) in [6, 6.07) is 15.0. The molecule has 1 amide bonds. The zero-order valence-electron chi connectivity index (χ0n) is 16.6. The van der Waals surface area contributed by atoms with Gasteiger partial charge in [0, 0.05) is 5.56 Å². The van der Waals surface area contributed by atoms with Crippen molar-refractivity contribution >= 4 is 15.7 Å². The van der Waals surface area contributed by atoms with E-state index in [9.17, 15) is 26.4 Å². The van der Waals surface area contributed by atoms with Crippen LogP contribution in [0.1, 0.15) is 27.2 Å². The summed E-state index contributed by atoms with van der Waals surface area (Å²) in [5, 5.41) is 0. The van der Waals surface area contributed by atoms with E-state index >= 15 is 0 Å². The van der Waals surface area contributed by atoms with E-state index in [0.29, 0.717) is 10.5 Å². The van der Waals surface area contributed by atoms with Crippen LogP contribution in [0.15, 0.2) is 76.2 Å². The van der Waals surface area contributed by atoms with E-state index in [-0.39, 0.29) is 28.5 Å². The lowest BCUT2D eigenvalue weighted by Crippen LogP contribution is -2.38. The number of rotatable bonds is 7. The Morgan fingerprint density at radius 1 is 1.00 bits per heavy atom. The van der Waals surface area contributed by atoms with Gasteiger partial charge in [-0.15, -0.1) is 0 Å². The van der Waals surface area contributed by atoms with Gasteiger partial charge < -0.3 is 9.32 Å². The zero-order chi connectivity index (χ0) is 22.6. The molecule has 0 radical (unpaired) electrons. The molecule has 1 heterocycles. The molecule has 0 aliphatic rings. The van der Waals surface area contributed by atoms with Gasteiger partial charge in [-0.05, 0) is 48.9 Å².